The summed E-state index contributed by atoms with van der Waals surface area (Å²) in [5.41, 5.74) is 0. The highest BCUT2D eigenvalue weighted by molar-refractivity contribution is 5.88. The van der Waals surface area contributed by atoms with Gasteiger partial charge in [-0.1, -0.05) is 0 Å². The quantitative estimate of drug-likeness (QED) is 0.615. The molecule has 1 amide bonds. The normalized spacial score (nSPS) is 23.3. The van der Waals surface area contributed by atoms with Crippen LogP contribution in [-0.4, -0.2) is 42.8 Å². The number of carbonyl (C=O) groups is 2. The Labute approximate surface area is 71.9 Å². The lowest BCUT2D eigenvalue weighted by Crippen LogP contribution is -2.38. The van der Waals surface area contributed by atoms with Crippen LogP contribution in [0.3, 0.4) is 0 Å². The van der Waals surface area contributed by atoms with Crippen LogP contribution in [0.2, 0.25) is 0 Å². The molecule has 4 heteroatoms. The Kier molecular flexibility index (Phi) is 2.81. The zero-order chi connectivity index (χ0) is 9.14. The summed E-state index contributed by atoms with van der Waals surface area (Å²) in [5.74, 6) is 0.0906. The maximum absolute atomic E-state index is 11.4. The lowest BCUT2D eigenvalue weighted by molar-refractivity contribution is -0.132. The molecule has 0 radical (unpaired) electrons. The third-order valence-corrected chi connectivity index (χ3v) is 2.06. The van der Waals surface area contributed by atoms with Gasteiger partial charge in [0.2, 0.25) is 5.91 Å². The van der Waals surface area contributed by atoms with Crippen LogP contribution in [0.1, 0.15) is 13.3 Å². The van der Waals surface area contributed by atoms with Crippen LogP contribution in [0, 0.1) is 0 Å². The summed E-state index contributed by atoms with van der Waals surface area (Å²) in [6.07, 6.45) is 0.808. The van der Waals surface area contributed by atoms with E-state index in [9.17, 15) is 9.59 Å². The van der Waals surface area contributed by atoms with E-state index in [-0.39, 0.29) is 24.3 Å². The van der Waals surface area contributed by atoms with Crippen LogP contribution >= 0.6 is 0 Å². The predicted molar refractivity (Wildman–Crippen MR) is 44.7 cm³/mol. The van der Waals surface area contributed by atoms with E-state index >= 15 is 0 Å². The van der Waals surface area contributed by atoms with Gasteiger partial charge >= 0.3 is 0 Å². The first-order valence-electron chi connectivity index (χ1n) is 4.10. The number of hydrogen-bond acceptors (Lipinski definition) is 3. The summed E-state index contributed by atoms with van der Waals surface area (Å²) in [5, 5.41) is 2.91. The number of Topliss-reactive ketones (excluding diaryl/α,β-unsaturated/α-hetero) is 1. The molecule has 1 aliphatic heterocycles. The highest BCUT2D eigenvalue weighted by atomic mass is 16.2. The van der Waals surface area contributed by atoms with Crippen molar-refractivity contribution in [2.75, 3.05) is 20.1 Å². The summed E-state index contributed by atoms with van der Waals surface area (Å²) in [4.78, 5) is 23.7. The maximum Gasteiger partial charge on any atom is 0.240 e. The Balaban J connectivity index is 2.49. The zero-order valence-corrected chi connectivity index (χ0v) is 7.46. The van der Waals surface area contributed by atoms with Gasteiger partial charge in [0.15, 0.2) is 0 Å². The van der Waals surface area contributed by atoms with Crippen molar-refractivity contribution >= 4 is 11.7 Å². The number of likely N-dealkylation sites (tertiary alicyclic amines) is 1. The smallest absolute Gasteiger partial charge is 0.240 e. The summed E-state index contributed by atoms with van der Waals surface area (Å²) < 4.78 is 0. The average Bonchev–Trinajstić information content (AvgIpc) is 2.32. The van der Waals surface area contributed by atoms with Crippen LogP contribution in [0.25, 0.3) is 0 Å². The van der Waals surface area contributed by atoms with Crippen molar-refractivity contribution in [1.29, 1.82) is 0 Å². The zero-order valence-electron chi connectivity index (χ0n) is 7.46. The van der Waals surface area contributed by atoms with Crippen molar-refractivity contribution in [3.8, 4) is 0 Å². The van der Waals surface area contributed by atoms with Crippen LogP contribution in [0.15, 0.2) is 0 Å². The van der Waals surface area contributed by atoms with Gasteiger partial charge < -0.3 is 10.2 Å². The predicted octanol–water partition coefficient (Wildman–Crippen LogP) is -0.604. The summed E-state index contributed by atoms with van der Waals surface area (Å²) in [6, 6.07) is -0.0793. The minimum Gasteiger partial charge on any atom is -0.334 e. The fourth-order valence-corrected chi connectivity index (χ4v) is 1.43. The van der Waals surface area contributed by atoms with Gasteiger partial charge in [-0.15, -0.1) is 0 Å². The van der Waals surface area contributed by atoms with Crippen molar-refractivity contribution in [3.63, 3.8) is 0 Å². The molecule has 1 rings (SSSR count). The number of ketones is 1. The molecule has 0 aromatic heterocycles. The number of carbonyl (C=O) groups excluding carboxylic acids is 2. The van der Waals surface area contributed by atoms with E-state index in [2.05, 4.69) is 5.32 Å². The van der Waals surface area contributed by atoms with Crippen LogP contribution in [-0.2, 0) is 9.59 Å². The van der Waals surface area contributed by atoms with Crippen molar-refractivity contribution in [1.82, 2.24) is 10.2 Å². The number of nitrogens with one attached hydrogen (secondary N) is 1. The Hall–Kier alpha value is -0.900. The van der Waals surface area contributed by atoms with E-state index < -0.39 is 0 Å². The Morgan fingerprint density at radius 1 is 1.75 bits per heavy atom. The molecule has 1 heterocycles. The number of hydrogen-bond donors (Lipinski definition) is 1. The van der Waals surface area contributed by atoms with Crippen molar-refractivity contribution in [3.05, 3.63) is 0 Å². The molecule has 1 aliphatic rings. The molecule has 0 aliphatic carbocycles. The van der Waals surface area contributed by atoms with E-state index in [1.165, 1.54) is 6.92 Å². The molecule has 0 aromatic carbocycles. The number of amides is 1. The molecule has 1 N–H and O–H groups in total. The Morgan fingerprint density at radius 3 is 2.83 bits per heavy atom. The summed E-state index contributed by atoms with van der Waals surface area (Å²) >= 11 is 0. The van der Waals surface area contributed by atoms with Gasteiger partial charge in [-0.25, -0.2) is 0 Å². The summed E-state index contributed by atoms with van der Waals surface area (Å²) in [7, 11) is 1.76. The first-order valence-corrected chi connectivity index (χ1v) is 4.10. The van der Waals surface area contributed by atoms with Crippen LogP contribution in [0.4, 0.5) is 0 Å². The Morgan fingerprint density at radius 2 is 2.42 bits per heavy atom. The molecule has 1 saturated heterocycles. The van der Waals surface area contributed by atoms with Crippen molar-refractivity contribution in [2.45, 2.75) is 19.4 Å². The Bertz CT molecular complexity index is 203. The highest BCUT2D eigenvalue weighted by Crippen LogP contribution is 2.09. The number of rotatable bonds is 3. The SMILES string of the molecule is CNC1CCN(CC(C)=O)C1=O. The maximum atomic E-state index is 11.4. The fraction of sp³-hybridized carbons (Fsp3) is 0.750. The minimum atomic E-state index is -0.0793. The van der Waals surface area contributed by atoms with E-state index in [4.69, 9.17) is 0 Å². The molecular formula is C8H14N2O2. The molecule has 0 saturated carbocycles. The molecule has 0 bridgehead atoms. The second-order valence-corrected chi connectivity index (χ2v) is 3.09. The minimum absolute atomic E-state index is 0.0418. The van der Waals surface area contributed by atoms with Gasteiger partial charge in [0.25, 0.3) is 0 Å². The lowest BCUT2D eigenvalue weighted by atomic mass is 10.3. The third kappa shape index (κ3) is 1.82. The lowest BCUT2D eigenvalue weighted by Gasteiger charge is -2.13. The molecule has 0 aromatic rings. The van der Waals surface area contributed by atoms with Gasteiger partial charge in [-0.2, -0.15) is 0 Å². The molecule has 12 heavy (non-hydrogen) atoms. The van der Waals surface area contributed by atoms with Gasteiger partial charge in [0, 0.05) is 6.54 Å². The topological polar surface area (TPSA) is 49.4 Å². The first-order chi connectivity index (χ1) is 5.65. The van der Waals surface area contributed by atoms with Gasteiger partial charge in [-0.05, 0) is 20.4 Å². The van der Waals surface area contributed by atoms with Gasteiger partial charge in [-0.3, -0.25) is 9.59 Å². The molecular weight excluding hydrogens is 156 g/mol. The first kappa shape index (κ1) is 9.19. The highest BCUT2D eigenvalue weighted by Gasteiger charge is 2.30. The number of likely N-dealkylation sites (N-methyl/N-ethyl adjacent to an activating group) is 1. The standard InChI is InChI=1S/C8H14N2O2/c1-6(11)5-10-4-3-7(9-2)8(10)12/h7,9H,3-5H2,1-2H3. The monoisotopic (exact) mass is 170 g/mol. The van der Waals surface area contributed by atoms with E-state index in [1.807, 2.05) is 0 Å². The molecule has 1 fully saturated rings. The third-order valence-electron chi connectivity index (χ3n) is 2.06. The molecule has 0 spiro atoms. The van der Waals surface area contributed by atoms with Crippen molar-refractivity contribution < 1.29 is 9.59 Å². The van der Waals surface area contributed by atoms with Gasteiger partial charge in [0.05, 0.1) is 12.6 Å². The average molecular weight is 170 g/mol. The number of nitrogens with zero attached hydrogens (tertiary/aromatic N) is 1. The van der Waals surface area contributed by atoms with E-state index in [0.717, 1.165) is 6.42 Å². The van der Waals surface area contributed by atoms with E-state index in [0.29, 0.717) is 6.54 Å². The van der Waals surface area contributed by atoms with Gasteiger partial charge in [0.1, 0.15) is 5.78 Å². The van der Waals surface area contributed by atoms with Crippen molar-refractivity contribution in [2.24, 2.45) is 0 Å². The molecule has 1 unspecified atom stereocenters. The molecule has 1 atom stereocenters. The fourth-order valence-electron chi connectivity index (χ4n) is 1.43. The second kappa shape index (κ2) is 3.67. The second-order valence-electron chi connectivity index (χ2n) is 3.09. The van der Waals surface area contributed by atoms with Crippen LogP contribution < -0.4 is 5.32 Å². The largest absolute Gasteiger partial charge is 0.334 e. The van der Waals surface area contributed by atoms with E-state index in [1.54, 1.807) is 11.9 Å². The van der Waals surface area contributed by atoms with Crippen LogP contribution in [0.5, 0.6) is 0 Å². The summed E-state index contributed by atoms with van der Waals surface area (Å²) in [6.45, 7) is 2.46. The molecule has 4 nitrogen and oxygen atoms in total. The molecule has 68 valence electrons.